The highest BCUT2D eigenvalue weighted by Crippen LogP contribution is 2.49. The van der Waals surface area contributed by atoms with Gasteiger partial charge in [-0.2, -0.15) is 0 Å². The summed E-state index contributed by atoms with van der Waals surface area (Å²) in [7, 11) is 1.68. The van der Waals surface area contributed by atoms with Gasteiger partial charge in [0.25, 0.3) is 0 Å². The number of hydrogen-bond acceptors (Lipinski definition) is 10. The van der Waals surface area contributed by atoms with Gasteiger partial charge in [0.05, 0.1) is 36.6 Å². The van der Waals surface area contributed by atoms with Crippen LogP contribution in [0.2, 0.25) is 0 Å². The third-order valence-corrected chi connectivity index (χ3v) is 12.4. The number of aromatic amines is 1. The fraction of sp³-hybridized carbons (Fsp3) is 0.568. The molecule has 0 unspecified atom stereocenters. The number of H-pyrrole nitrogens is 1. The number of amides is 1. The number of benzene rings is 2. The van der Waals surface area contributed by atoms with E-state index >= 15 is 0 Å². The number of anilines is 2. The third kappa shape index (κ3) is 8.11. The molecule has 13 heteroatoms. The maximum Gasteiger partial charge on any atom is 0.226 e. The van der Waals surface area contributed by atoms with Gasteiger partial charge in [-0.15, -0.1) is 0 Å². The van der Waals surface area contributed by atoms with E-state index in [4.69, 9.17) is 24.2 Å². The number of aromatic nitrogens is 6. The van der Waals surface area contributed by atoms with Crippen LogP contribution in [0.3, 0.4) is 0 Å². The summed E-state index contributed by atoms with van der Waals surface area (Å²) in [5.74, 6) is 2.18. The maximum atomic E-state index is 13.0. The summed E-state index contributed by atoms with van der Waals surface area (Å²) in [4.78, 5) is 37.7. The first-order valence-corrected chi connectivity index (χ1v) is 20.6. The molecule has 2 aromatic carbocycles. The number of methoxy groups -OCH3 is 1. The number of nitrogens with zero attached hydrogens (tertiary/aromatic N) is 6. The SMILES string of the molecule is COc1ccc(CNc2ncnc3c2ncn3[C@@H]2C[C@H](CN(C(C)C)C3CC(CCC(=O)Nc4nc5ccc(C(C)(C)C)cc5[nH]4)C3)[C@H]3OC(C)(C)O[C@H]32)c(C)c1. The molecule has 1 saturated heterocycles. The molecule has 3 aliphatic rings. The Morgan fingerprint density at radius 2 is 1.86 bits per heavy atom. The van der Waals surface area contributed by atoms with Crippen molar-refractivity contribution in [1.82, 2.24) is 34.4 Å². The number of nitrogens with one attached hydrogen (secondary N) is 3. The molecule has 3 aromatic heterocycles. The molecule has 57 heavy (non-hydrogen) atoms. The number of aryl methyl sites for hydroxylation is 1. The molecule has 4 heterocycles. The van der Waals surface area contributed by atoms with Crippen LogP contribution in [0.25, 0.3) is 22.2 Å². The predicted octanol–water partition coefficient (Wildman–Crippen LogP) is 7.92. The molecule has 2 saturated carbocycles. The monoisotopic (exact) mass is 777 g/mol. The van der Waals surface area contributed by atoms with Crippen LogP contribution in [0.1, 0.15) is 103 Å². The Labute approximate surface area is 335 Å². The lowest BCUT2D eigenvalue weighted by Crippen LogP contribution is -2.51. The van der Waals surface area contributed by atoms with Crippen LogP contribution in [-0.2, 0) is 26.2 Å². The van der Waals surface area contributed by atoms with Crippen LogP contribution in [0.5, 0.6) is 5.75 Å². The summed E-state index contributed by atoms with van der Waals surface area (Å²) >= 11 is 0. The van der Waals surface area contributed by atoms with Gasteiger partial charge in [0.2, 0.25) is 11.9 Å². The van der Waals surface area contributed by atoms with Crippen molar-refractivity contribution in [2.45, 2.75) is 136 Å². The predicted molar refractivity (Wildman–Crippen MR) is 222 cm³/mol. The second kappa shape index (κ2) is 15.3. The van der Waals surface area contributed by atoms with Crippen LogP contribution >= 0.6 is 0 Å². The minimum atomic E-state index is -0.677. The van der Waals surface area contributed by atoms with Crippen molar-refractivity contribution >= 4 is 39.9 Å². The molecule has 2 aliphatic carbocycles. The van der Waals surface area contributed by atoms with Crippen LogP contribution in [-0.4, -0.2) is 84.0 Å². The molecule has 5 aromatic rings. The lowest BCUT2D eigenvalue weighted by molar-refractivity contribution is -0.161. The number of fused-ring (bicyclic) bond motifs is 3. The topological polar surface area (TPSA) is 144 Å². The van der Waals surface area contributed by atoms with Crippen molar-refractivity contribution in [1.29, 1.82) is 0 Å². The molecule has 3 fully saturated rings. The normalized spacial score (nSPS) is 24.3. The molecule has 4 atom stereocenters. The van der Waals surface area contributed by atoms with E-state index in [0.717, 1.165) is 71.3 Å². The van der Waals surface area contributed by atoms with Gasteiger partial charge in [-0.25, -0.2) is 19.9 Å². The van der Waals surface area contributed by atoms with Crippen molar-refractivity contribution in [3.05, 3.63) is 65.7 Å². The first-order valence-electron chi connectivity index (χ1n) is 20.6. The maximum absolute atomic E-state index is 13.0. The fourth-order valence-corrected chi connectivity index (χ4v) is 9.23. The van der Waals surface area contributed by atoms with E-state index < -0.39 is 5.79 Å². The average Bonchev–Trinajstić information content (AvgIpc) is 3.90. The van der Waals surface area contributed by atoms with Gasteiger partial charge in [0.15, 0.2) is 17.3 Å². The molecule has 0 spiro atoms. The van der Waals surface area contributed by atoms with Crippen LogP contribution in [0, 0.1) is 18.8 Å². The second-order valence-electron chi connectivity index (χ2n) is 18.3. The van der Waals surface area contributed by atoms with Gasteiger partial charge in [0, 0.05) is 37.5 Å². The smallest absolute Gasteiger partial charge is 0.226 e. The Hall–Kier alpha value is -4.59. The highest BCUT2D eigenvalue weighted by molar-refractivity contribution is 5.91. The number of rotatable bonds is 13. The molecule has 8 rings (SSSR count). The summed E-state index contributed by atoms with van der Waals surface area (Å²) in [5.41, 5.74) is 6.91. The summed E-state index contributed by atoms with van der Waals surface area (Å²) in [6.45, 7) is 18.8. The highest BCUT2D eigenvalue weighted by Gasteiger charge is 2.55. The number of carbonyl (C=O) groups is 1. The van der Waals surface area contributed by atoms with Gasteiger partial charge in [-0.05, 0) is 113 Å². The minimum Gasteiger partial charge on any atom is -0.497 e. The number of imidazole rings is 2. The largest absolute Gasteiger partial charge is 0.497 e. The van der Waals surface area contributed by atoms with Crippen molar-refractivity contribution < 1.29 is 19.0 Å². The van der Waals surface area contributed by atoms with Crippen molar-refractivity contribution in [3.8, 4) is 5.75 Å². The molecule has 0 bridgehead atoms. The van der Waals surface area contributed by atoms with Gasteiger partial charge in [-0.1, -0.05) is 32.9 Å². The van der Waals surface area contributed by atoms with E-state index in [1.165, 1.54) is 5.56 Å². The average molecular weight is 778 g/mol. The second-order valence-corrected chi connectivity index (χ2v) is 18.3. The zero-order valence-electron chi connectivity index (χ0n) is 34.9. The van der Waals surface area contributed by atoms with E-state index in [1.807, 2.05) is 38.4 Å². The Morgan fingerprint density at radius 3 is 2.60 bits per heavy atom. The highest BCUT2D eigenvalue weighted by atomic mass is 16.8. The number of ether oxygens (including phenoxy) is 3. The molecular formula is C44H59N9O4. The Morgan fingerprint density at radius 1 is 1.07 bits per heavy atom. The summed E-state index contributed by atoms with van der Waals surface area (Å²) < 4.78 is 20.9. The molecule has 0 radical (unpaired) electrons. The molecular weight excluding hydrogens is 719 g/mol. The number of carbonyl (C=O) groups excluding carboxylic acids is 1. The van der Waals surface area contributed by atoms with E-state index in [1.54, 1.807) is 13.4 Å². The first kappa shape index (κ1) is 39.2. The lowest BCUT2D eigenvalue weighted by atomic mass is 9.76. The summed E-state index contributed by atoms with van der Waals surface area (Å²) in [6, 6.07) is 13.2. The Kier molecular flexibility index (Phi) is 10.5. The molecule has 1 aliphatic heterocycles. The lowest BCUT2D eigenvalue weighted by Gasteiger charge is -2.46. The Balaban J connectivity index is 0.891. The van der Waals surface area contributed by atoms with Crippen molar-refractivity contribution in [2.75, 3.05) is 24.3 Å². The molecule has 1 amide bonds. The number of hydrogen-bond donors (Lipinski definition) is 3. The summed E-state index contributed by atoms with van der Waals surface area (Å²) in [5, 5.41) is 6.51. The first-order chi connectivity index (χ1) is 27.2. The van der Waals surface area contributed by atoms with Gasteiger partial charge in [-0.3, -0.25) is 15.0 Å². The minimum absolute atomic E-state index is 0.00541. The summed E-state index contributed by atoms with van der Waals surface area (Å²) in [6.07, 6.45) is 7.78. The van der Waals surface area contributed by atoms with Gasteiger partial charge < -0.3 is 29.1 Å². The van der Waals surface area contributed by atoms with Crippen molar-refractivity contribution in [2.24, 2.45) is 11.8 Å². The zero-order valence-corrected chi connectivity index (χ0v) is 34.9. The van der Waals surface area contributed by atoms with Crippen LogP contribution in [0.15, 0.2) is 49.1 Å². The molecule has 3 N–H and O–H groups in total. The van der Waals surface area contributed by atoms with E-state index in [2.05, 4.69) is 94.8 Å². The van der Waals surface area contributed by atoms with Crippen molar-refractivity contribution in [3.63, 3.8) is 0 Å². The standard InChI is InChI=1S/C44H59N9O4/c1-25(2)52(31-17-27(18-31)10-15-36(54)51-42-49-33-14-12-30(43(4,5)6)20-34(33)50-42)22-29-19-35(39-38(29)56-44(7,8)57-39)53-24-48-37-40(46-23-47-41(37)53)45-21-28-11-13-32(55-9)16-26(28)3/h11-14,16,20,23-25,27,29,31,35,38-39H,10,15,17-19,21-22H2,1-9H3,(H,45,46,47)(H2,49,50,51,54)/t27?,29-,31?,35-,38-,39+/m1/s1. The third-order valence-electron chi connectivity index (χ3n) is 12.4. The van der Waals surface area contributed by atoms with E-state index in [0.29, 0.717) is 42.7 Å². The molecule has 13 nitrogen and oxygen atoms in total. The van der Waals surface area contributed by atoms with E-state index in [9.17, 15) is 4.79 Å². The zero-order chi connectivity index (χ0) is 40.2. The van der Waals surface area contributed by atoms with Crippen LogP contribution < -0.4 is 15.4 Å². The van der Waals surface area contributed by atoms with E-state index in [-0.39, 0.29) is 35.5 Å². The van der Waals surface area contributed by atoms with Crippen LogP contribution in [0.4, 0.5) is 11.8 Å². The van der Waals surface area contributed by atoms with Gasteiger partial charge >= 0.3 is 0 Å². The quantitative estimate of drug-likeness (QED) is 0.108. The Bertz CT molecular complexity index is 2230. The van der Waals surface area contributed by atoms with Gasteiger partial charge in [0.1, 0.15) is 23.7 Å². The fourth-order valence-electron chi connectivity index (χ4n) is 9.23. The molecule has 304 valence electrons.